The van der Waals surface area contributed by atoms with Crippen molar-refractivity contribution < 1.29 is 4.79 Å². The SMILES string of the molecule is N#Cc1ccccc1NCC(=O)NCCC1=CCCCC1. The fourth-order valence-electron chi connectivity index (χ4n) is 2.47. The third-order valence-electron chi connectivity index (χ3n) is 3.64. The molecule has 0 bridgehead atoms. The summed E-state index contributed by atoms with van der Waals surface area (Å²) in [5.41, 5.74) is 2.71. The van der Waals surface area contributed by atoms with Gasteiger partial charge in [0.2, 0.25) is 5.91 Å². The Hall–Kier alpha value is -2.28. The van der Waals surface area contributed by atoms with Gasteiger partial charge in [-0.05, 0) is 44.2 Å². The Labute approximate surface area is 125 Å². The predicted molar refractivity (Wildman–Crippen MR) is 83.8 cm³/mol. The van der Waals surface area contributed by atoms with Crippen molar-refractivity contribution in [3.8, 4) is 6.07 Å². The van der Waals surface area contributed by atoms with Gasteiger partial charge in [-0.3, -0.25) is 4.79 Å². The molecule has 0 saturated heterocycles. The van der Waals surface area contributed by atoms with Gasteiger partial charge < -0.3 is 10.6 Å². The zero-order chi connectivity index (χ0) is 14.9. The lowest BCUT2D eigenvalue weighted by Gasteiger charge is -2.13. The number of hydrogen-bond donors (Lipinski definition) is 2. The van der Waals surface area contributed by atoms with Crippen molar-refractivity contribution in [3.63, 3.8) is 0 Å². The lowest BCUT2D eigenvalue weighted by atomic mass is 9.97. The molecule has 2 rings (SSSR count). The first-order valence-electron chi connectivity index (χ1n) is 7.47. The molecule has 1 aliphatic rings. The smallest absolute Gasteiger partial charge is 0.239 e. The van der Waals surface area contributed by atoms with Gasteiger partial charge in [0.05, 0.1) is 17.8 Å². The second-order valence-electron chi connectivity index (χ2n) is 5.22. The molecule has 0 atom stereocenters. The van der Waals surface area contributed by atoms with E-state index in [0.717, 1.165) is 6.42 Å². The summed E-state index contributed by atoms with van der Waals surface area (Å²) >= 11 is 0. The maximum atomic E-state index is 11.8. The fourth-order valence-corrected chi connectivity index (χ4v) is 2.47. The largest absolute Gasteiger partial charge is 0.375 e. The first-order chi connectivity index (χ1) is 10.3. The molecule has 4 nitrogen and oxygen atoms in total. The van der Waals surface area contributed by atoms with Crippen molar-refractivity contribution in [2.45, 2.75) is 32.1 Å². The molecule has 0 saturated carbocycles. The summed E-state index contributed by atoms with van der Waals surface area (Å²) in [6, 6.07) is 9.29. The summed E-state index contributed by atoms with van der Waals surface area (Å²) < 4.78 is 0. The number of hydrogen-bond acceptors (Lipinski definition) is 3. The van der Waals surface area contributed by atoms with E-state index in [-0.39, 0.29) is 12.5 Å². The summed E-state index contributed by atoms with van der Waals surface area (Å²) in [5, 5.41) is 14.9. The van der Waals surface area contributed by atoms with Crippen molar-refractivity contribution in [2.75, 3.05) is 18.4 Å². The molecule has 4 heteroatoms. The Balaban J connectivity index is 1.70. The molecule has 1 amide bonds. The summed E-state index contributed by atoms with van der Waals surface area (Å²) in [7, 11) is 0. The van der Waals surface area contributed by atoms with Crippen LogP contribution in [0.4, 0.5) is 5.69 Å². The molecule has 110 valence electrons. The topological polar surface area (TPSA) is 64.9 Å². The van der Waals surface area contributed by atoms with Gasteiger partial charge in [-0.1, -0.05) is 23.8 Å². The Morgan fingerprint density at radius 1 is 1.29 bits per heavy atom. The quantitative estimate of drug-likeness (QED) is 0.789. The van der Waals surface area contributed by atoms with E-state index in [1.165, 1.54) is 31.3 Å². The van der Waals surface area contributed by atoms with Crippen LogP contribution in [-0.4, -0.2) is 19.0 Å². The number of allylic oxidation sites excluding steroid dienone is 1. The van der Waals surface area contributed by atoms with Crippen LogP contribution in [0, 0.1) is 11.3 Å². The molecule has 0 unspecified atom stereocenters. The average molecular weight is 283 g/mol. The summed E-state index contributed by atoms with van der Waals surface area (Å²) in [4.78, 5) is 11.8. The van der Waals surface area contributed by atoms with Crippen LogP contribution in [0.15, 0.2) is 35.9 Å². The normalized spacial score (nSPS) is 14.0. The zero-order valence-electron chi connectivity index (χ0n) is 12.2. The highest BCUT2D eigenvalue weighted by Crippen LogP contribution is 2.19. The van der Waals surface area contributed by atoms with Crippen LogP contribution in [0.2, 0.25) is 0 Å². The Morgan fingerprint density at radius 2 is 2.14 bits per heavy atom. The Morgan fingerprint density at radius 3 is 2.90 bits per heavy atom. The third-order valence-corrected chi connectivity index (χ3v) is 3.64. The number of rotatable bonds is 6. The number of para-hydroxylation sites is 1. The number of carbonyl (C=O) groups excluding carboxylic acids is 1. The highest BCUT2D eigenvalue weighted by atomic mass is 16.1. The maximum Gasteiger partial charge on any atom is 0.239 e. The van der Waals surface area contributed by atoms with Gasteiger partial charge in [-0.2, -0.15) is 5.26 Å². The van der Waals surface area contributed by atoms with Crippen LogP contribution in [0.3, 0.4) is 0 Å². The minimum absolute atomic E-state index is 0.0425. The molecule has 0 aliphatic heterocycles. The number of amides is 1. The van der Waals surface area contributed by atoms with Gasteiger partial charge in [-0.25, -0.2) is 0 Å². The predicted octanol–water partition coefficient (Wildman–Crippen LogP) is 2.98. The van der Waals surface area contributed by atoms with Crippen LogP contribution < -0.4 is 10.6 Å². The lowest BCUT2D eigenvalue weighted by Crippen LogP contribution is -2.31. The van der Waals surface area contributed by atoms with E-state index >= 15 is 0 Å². The van der Waals surface area contributed by atoms with Gasteiger partial charge in [0.25, 0.3) is 0 Å². The van der Waals surface area contributed by atoms with Crippen molar-refractivity contribution in [2.24, 2.45) is 0 Å². The molecular formula is C17H21N3O. The second-order valence-corrected chi connectivity index (χ2v) is 5.22. The van der Waals surface area contributed by atoms with E-state index in [1.54, 1.807) is 12.1 Å². The fraction of sp³-hybridized carbons (Fsp3) is 0.412. The van der Waals surface area contributed by atoms with Gasteiger partial charge >= 0.3 is 0 Å². The zero-order valence-corrected chi connectivity index (χ0v) is 12.2. The Bertz CT molecular complexity index is 557. The number of carbonyl (C=O) groups is 1. The van der Waals surface area contributed by atoms with Crippen LogP contribution in [0.25, 0.3) is 0 Å². The molecule has 1 aromatic carbocycles. The first kappa shape index (κ1) is 15.1. The van der Waals surface area contributed by atoms with Gasteiger partial charge in [0.15, 0.2) is 0 Å². The summed E-state index contributed by atoms with van der Waals surface area (Å²) in [6.07, 6.45) is 8.15. The van der Waals surface area contributed by atoms with Crippen LogP contribution in [0.1, 0.15) is 37.7 Å². The highest BCUT2D eigenvalue weighted by molar-refractivity contribution is 5.81. The highest BCUT2D eigenvalue weighted by Gasteiger charge is 2.06. The van der Waals surface area contributed by atoms with Crippen molar-refractivity contribution in [1.29, 1.82) is 5.26 Å². The summed E-state index contributed by atoms with van der Waals surface area (Å²) in [6.45, 7) is 0.879. The molecule has 21 heavy (non-hydrogen) atoms. The maximum absolute atomic E-state index is 11.8. The standard InChI is InChI=1S/C17H21N3O/c18-12-15-8-4-5-9-16(15)20-13-17(21)19-11-10-14-6-2-1-3-7-14/h4-6,8-9,20H,1-3,7,10-11,13H2,(H,19,21). The molecule has 0 heterocycles. The molecule has 0 spiro atoms. The molecule has 0 aromatic heterocycles. The lowest BCUT2D eigenvalue weighted by molar-refractivity contribution is -0.119. The van der Waals surface area contributed by atoms with Crippen LogP contribution in [0.5, 0.6) is 0 Å². The van der Waals surface area contributed by atoms with Gasteiger partial charge in [0.1, 0.15) is 6.07 Å². The minimum atomic E-state index is -0.0425. The molecule has 2 N–H and O–H groups in total. The monoisotopic (exact) mass is 283 g/mol. The van der Waals surface area contributed by atoms with Gasteiger partial charge in [0, 0.05) is 6.54 Å². The van der Waals surface area contributed by atoms with E-state index in [2.05, 4.69) is 22.8 Å². The number of nitrogens with zero attached hydrogens (tertiary/aromatic N) is 1. The summed E-state index contributed by atoms with van der Waals surface area (Å²) in [5.74, 6) is -0.0425. The minimum Gasteiger partial charge on any atom is -0.375 e. The van der Waals surface area contributed by atoms with Gasteiger partial charge in [-0.15, -0.1) is 0 Å². The van der Waals surface area contributed by atoms with Crippen molar-refractivity contribution in [3.05, 3.63) is 41.5 Å². The third kappa shape index (κ3) is 4.96. The number of benzene rings is 1. The molecular weight excluding hydrogens is 262 g/mol. The molecule has 0 radical (unpaired) electrons. The number of anilines is 1. The molecule has 1 aromatic rings. The van der Waals surface area contributed by atoms with E-state index in [4.69, 9.17) is 5.26 Å². The van der Waals surface area contributed by atoms with E-state index in [0.29, 0.717) is 17.8 Å². The van der Waals surface area contributed by atoms with Crippen LogP contribution in [-0.2, 0) is 4.79 Å². The second kappa shape index (κ2) is 8.11. The van der Waals surface area contributed by atoms with E-state index in [9.17, 15) is 4.79 Å². The van der Waals surface area contributed by atoms with Crippen LogP contribution >= 0.6 is 0 Å². The van der Waals surface area contributed by atoms with Crippen molar-refractivity contribution in [1.82, 2.24) is 5.32 Å². The molecule has 1 aliphatic carbocycles. The van der Waals surface area contributed by atoms with E-state index < -0.39 is 0 Å². The number of nitriles is 1. The Kier molecular flexibility index (Phi) is 5.83. The molecule has 0 fully saturated rings. The average Bonchev–Trinajstić information content (AvgIpc) is 2.54. The van der Waals surface area contributed by atoms with Crippen molar-refractivity contribution >= 4 is 11.6 Å². The van der Waals surface area contributed by atoms with E-state index in [1.807, 2.05) is 12.1 Å². The number of nitrogens with one attached hydrogen (secondary N) is 2. The first-order valence-corrected chi connectivity index (χ1v) is 7.47.